The Morgan fingerprint density at radius 3 is 2.18 bits per heavy atom. The van der Waals surface area contributed by atoms with Gasteiger partial charge < -0.3 is 36.2 Å². The van der Waals surface area contributed by atoms with Crippen LogP contribution < -0.4 is 16.4 Å². The Morgan fingerprint density at radius 1 is 0.945 bits per heavy atom. The molecule has 4 aliphatic rings. The number of hydrogen-bond donors (Lipinski definition) is 4. The second kappa shape index (κ2) is 17.3. The molecule has 55 heavy (non-hydrogen) atoms. The van der Waals surface area contributed by atoms with Crippen LogP contribution in [0.3, 0.4) is 0 Å². The first-order chi connectivity index (χ1) is 26.2. The van der Waals surface area contributed by atoms with E-state index in [0.717, 1.165) is 43.0 Å². The van der Waals surface area contributed by atoms with Gasteiger partial charge in [-0.1, -0.05) is 36.7 Å². The maximum absolute atomic E-state index is 14.2. The fraction of sp³-hybridized carbons (Fsp3) is 0.590. The molecule has 3 fully saturated rings. The SMILES string of the molecule is CCC(C(=O)O)N1CCC(C2CCN(C(=O)[C@@H](Cc3cc(Cl)c(N)c(C(F)(F)F)c3)NC(=O)N3CCC(N4CCc5ccccc5NC4=O)CC3)CC2)CC1. The van der Waals surface area contributed by atoms with Gasteiger partial charge in [-0.15, -0.1) is 0 Å². The lowest BCUT2D eigenvalue weighted by atomic mass is 9.78. The number of nitrogens with zero attached hydrogens (tertiary/aromatic N) is 4. The van der Waals surface area contributed by atoms with Gasteiger partial charge in [-0.05, 0) is 106 Å². The summed E-state index contributed by atoms with van der Waals surface area (Å²) in [6.07, 6.45) is 0.549. The molecule has 1 unspecified atom stereocenters. The largest absolute Gasteiger partial charge is 0.480 e. The van der Waals surface area contributed by atoms with E-state index in [1.54, 1.807) is 9.80 Å². The second-order valence-corrected chi connectivity index (χ2v) is 15.7. The molecule has 4 heterocycles. The number of carbonyl (C=O) groups excluding carboxylic acids is 3. The van der Waals surface area contributed by atoms with Crippen molar-refractivity contribution in [1.82, 2.24) is 24.9 Å². The zero-order chi connectivity index (χ0) is 39.4. The van der Waals surface area contributed by atoms with Gasteiger partial charge >= 0.3 is 24.2 Å². The summed E-state index contributed by atoms with van der Waals surface area (Å²) in [7, 11) is 0. The van der Waals surface area contributed by atoms with Crippen molar-refractivity contribution >= 4 is 46.9 Å². The third kappa shape index (κ3) is 9.42. The van der Waals surface area contributed by atoms with Gasteiger partial charge in [0.25, 0.3) is 0 Å². The first-order valence-corrected chi connectivity index (χ1v) is 19.7. The zero-order valence-corrected chi connectivity index (χ0v) is 31.9. The van der Waals surface area contributed by atoms with E-state index in [1.807, 2.05) is 41.0 Å². The summed E-state index contributed by atoms with van der Waals surface area (Å²) in [5, 5.41) is 15.1. The highest BCUT2D eigenvalue weighted by Crippen LogP contribution is 2.38. The van der Waals surface area contributed by atoms with Crippen molar-refractivity contribution in [2.75, 3.05) is 56.9 Å². The number of alkyl halides is 3. The lowest BCUT2D eigenvalue weighted by molar-refractivity contribution is -0.144. The Morgan fingerprint density at radius 2 is 1.56 bits per heavy atom. The number of hydrogen-bond acceptors (Lipinski definition) is 6. The van der Waals surface area contributed by atoms with Crippen LogP contribution in [0.5, 0.6) is 0 Å². The van der Waals surface area contributed by atoms with Crippen LogP contribution >= 0.6 is 11.6 Å². The predicted molar refractivity (Wildman–Crippen MR) is 203 cm³/mol. The minimum Gasteiger partial charge on any atom is -0.480 e. The fourth-order valence-corrected chi connectivity index (χ4v) is 9.17. The predicted octanol–water partition coefficient (Wildman–Crippen LogP) is 5.93. The third-order valence-electron chi connectivity index (χ3n) is 12.1. The van der Waals surface area contributed by atoms with E-state index in [1.165, 1.54) is 6.07 Å². The number of nitrogens with one attached hydrogen (secondary N) is 2. The molecule has 12 nitrogen and oxygen atoms in total. The number of nitrogens with two attached hydrogens (primary N) is 1. The number of carboxylic acids is 1. The minimum absolute atomic E-state index is 0.0905. The number of benzene rings is 2. The Balaban J connectivity index is 1.10. The summed E-state index contributed by atoms with van der Waals surface area (Å²) in [6.45, 7) is 5.38. The first kappa shape index (κ1) is 40.4. The standard InChI is InChI=1S/C39H51ClF3N7O5/c1-2-33(36(52)53)47-14-7-25(8-15-47)26-9-16-48(17-10-26)35(51)32(23-24-21-29(39(41,42)43)34(44)30(40)22-24)46-37(54)49-18-12-28(13-19-49)50-20-11-27-5-3-4-6-31(27)45-38(50)55/h3-6,21-22,25-26,28,32-33H,2,7-20,23,44H2,1H3,(H,45,55)(H,46,54)(H,52,53)/t32-,33?/m1/s1. The lowest BCUT2D eigenvalue weighted by Crippen LogP contribution is -2.57. The molecule has 0 spiro atoms. The van der Waals surface area contributed by atoms with Gasteiger partial charge in [0.2, 0.25) is 5.91 Å². The summed E-state index contributed by atoms with van der Waals surface area (Å²) < 4.78 is 41.7. The number of carboxylic acid groups (broad SMARTS) is 1. The van der Waals surface area contributed by atoms with E-state index in [9.17, 15) is 37.5 Å². The van der Waals surface area contributed by atoms with E-state index in [2.05, 4.69) is 10.6 Å². The number of anilines is 2. The molecule has 2 aromatic rings. The summed E-state index contributed by atoms with van der Waals surface area (Å²) in [6, 6.07) is 7.45. The van der Waals surface area contributed by atoms with Crippen molar-refractivity contribution in [2.45, 2.75) is 89.0 Å². The molecule has 5 amide bonds. The number of likely N-dealkylation sites (tertiary alicyclic amines) is 3. The van der Waals surface area contributed by atoms with Crippen molar-refractivity contribution < 1.29 is 37.5 Å². The Bertz CT molecular complexity index is 1720. The van der Waals surface area contributed by atoms with Crippen molar-refractivity contribution in [3.63, 3.8) is 0 Å². The highest BCUT2D eigenvalue weighted by atomic mass is 35.5. The van der Waals surface area contributed by atoms with Gasteiger partial charge in [0.1, 0.15) is 12.1 Å². The summed E-state index contributed by atoms with van der Waals surface area (Å²) in [4.78, 5) is 59.8. The number of nitrogen functional groups attached to an aromatic ring is 1. The highest BCUT2D eigenvalue weighted by Gasteiger charge is 2.38. The quantitative estimate of drug-likeness (QED) is 0.230. The number of piperidine rings is 3. The Labute approximate surface area is 324 Å². The number of urea groups is 2. The fourth-order valence-electron chi connectivity index (χ4n) is 8.92. The molecule has 16 heteroatoms. The molecule has 0 radical (unpaired) electrons. The average Bonchev–Trinajstić information content (AvgIpc) is 3.33. The Hall–Kier alpha value is -4.24. The van der Waals surface area contributed by atoms with E-state index < -0.39 is 41.5 Å². The summed E-state index contributed by atoms with van der Waals surface area (Å²) in [5.74, 6) is -0.419. The molecule has 2 atom stereocenters. The molecular weight excluding hydrogens is 739 g/mol. The number of para-hydroxylation sites is 1. The van der Waals surface area contributed by atoms with Gasteiger partial charge in [0, 0.05) is 50.9 Å². The maximum atomic E-state index is 14.2. The molecule has 2 aromatic carbocycles. The lowest BCUT2D eigenvalue weighted by Gasteiger charge is -2.42. The van der Waals surface area contributed by atoms with Gasteiger partial charge in [-0.25, -0.2) is 9.59 Å². The summed E-state index contributed by atoms with van der Waals surface area (Å²) >= 11 is 6.15. The topological polar surface area (TPSA) is 152 Å². The molecule has 5 N–H and O–H groups in total. The van der Waals surface area contributed by atoms with E-state index >= 15 is 0 Å². The monoisotopic (exact) mass is 789 g/mol. The minimum atomic E-state index is -4.77. The van der Waals surface area contributed by atoms with Crippen LogP contribution in [0.15, 0.2) is 36.4 Å². The average molecular weight is 790 g/mol. The number of rotatable bonds is 9. The van der Waals surface area contributed by atoms with Crippen molar-refractivity contribution in [3.05, 3.63) is 58.1 Å². The second-order valence-electron chi connectivity index (χ2n) is 15.3. The van der Waals surface area contributed by atoms with Crippen molar-refractivity contribution in [2.24, 2.45) is 11.8 Å². The summed E-state index contributed by atoms with van der Waals surface area (Å²) in [5.41, 5.74) is 5.95. The van der Waals surface area contributed by atoms with Crippen LogP contribution in [0, 0.1) is 11.8 Å². The van der Waals surface area contributed by atoms with E-state index in [-0.39, 0.29) is 35.0 Å². The van der Waals surface area contributed by atoms with Gasteiger partial charge in [-0.3, -0.25) is 14.5 Å². The number of aliphatic carboxylic acids is 1. The van der Waals surface area contributed by atoms with E-state index in [4.69, 9.17) is 17.3 Å². The number of fused-ring (bicyclic) bond motifs is 1. The molecule has 3 saturated heterocycles. The maximum Gasteiger partial charge on any atom is 0.418 e. The molecule has 0 bridgehead atoms. The van der Waals surface area contributed by atoms with Gasteiger partial charge in [0.05, 0.1) is 16.3 Å². The number of halogens is 4. The molecule has 0 aliphatic carbocycles. The zero-order valence-electron chi connectivity index (χ0n) is 31.1. The smallest absolute Gasteiger partial charge is 0.418 e. The van der Waals surface area contributed by atoms with E-state index in [0.29, 0.717) is 83.3 Å². The normalized spacial score (nSPS) is 20.7. The van der Waals surface area contributed by atoms with Crippen LogP contribution in [-0.2, 0) is 28.6 Å². The highest BCUT2D eigenvalue weighted by molar-refractivity contribution is 6.33. The molecular formula is C39H51ClF3N7O5. The van der Waals surface area contributed by atoms with Crippen LogP contribution in [-0.4, -0.2) is 113 Å². The van der Waals surface area contributed by atoms with Crippen LogP contribution in [0.1, 0.15) is 68.6 Å². The van der Waals surface area contributed by atoms with Gasteiger partial charge in [0.15, 0.2) is 0 Å². The Kier molecular flexibility index (Phi) is 12.7. The number of amides is 5. The van der Waals surface area contributed by atoms with Crippen LogP contribution in [0.2, 0.25) is 5.02 Å². The number of carbonyl (C=O) groups is 4. The van der Waals surface area contributed by atoms with Crippen LogP contribution in [0.25, 0.3) is 0 Å². The van der Waals surface area contributed by atoms with Crippen LogP contribution in [0.4, 0.5) is 34.1 Å². The first-order valence-electron chi connectivity index (χ1n) is 19.3. The molecule has 0 saturated carbocycles. The van der Waals surface area contributed by atoms with Crippen molar-refractivity contribution in [3.8, 4) is 0 Å². The molecule has 300 valence electrons. The molecule has 6 rings (SSSR count). The van der Waals surface area contributed by atoms with Gasteiger partial charge in [-0.2, -0.15) is 13.2 Å². The molecule has 0 aromatic heterocycles. The third-order valence-corrected chi connectivity index (χ3v) is 12.4. The van der Waals surface area contributed by atoms with Crippen molar-refractivity contribution in [1.29, 1.82) is 0 Å². The molecule has 4 aliphatic heterocycles.